The third-order valence-electron chi connectivity index (χ3n) is 2.20. The molecule has 0 aliphatic carbocycles. The second-order valence-electron chi connectivity index (χ2n) is 3.47. The predicted molar refractivity (Wildman–Crippen MR) is 57.9 cm³/mol. The number of aliphatic hydroxyl groups is 1. The van der Waals surface area contributed by atoms with E-state index in [9.17, 15) is 5.11 Å². The zero-order valence-corrected chi connectivity index (χ0v) is 8.48. The number of nitrogens with two attached hydrogens (primary N) is 1. The molecular formula is C11H18N2O. The molecule has 0 fully saturated rings. The average molecular weight is 194 g/mol. The molecule has 0 heterocycles. The molecule has 3 heteroatoms. The second-order valence-corrected chi connectivity index (χ2v) is 3.47. The van der Waals surface area contributed by atoms with Crippen LogP contribution >= 0.6 is 0 Å². The van der Waals surface area contributed by atoms with E-state index in [1.165, 1.54) is 0 Å². The topological polar surface area (TPSA) is 58.3 Å². The number of hydrogen-bond acceptors (Lipinski definition) is 3. The van der Waals surface area contributed by atoms with E-state index in [0.29, 0.717) is 13.1 Å². The van der Waals surface area contributed by atoms with Crippen molar-refractivity contribution in [3.8, 4) is 0 Å². The minimum Gasteiger partial charge on any atom is -0.387 e. The van der Waals surface area contributed by atoms with Gasteiger partial charge in [0.2, 0.25) is 0 Å². The number of aliphatic hydroxyl groups excluding tert-OH is 1. The summed E-state index contributed by atoms with van der Waals surface area (Å²) in [6.45, 7) is 3.13. The van der Waals surface area contributed by atoms with Gasteiger partial charge in [-0.05, 0) is 12.5 Å². The molecule has 0 aliphatic rings. The van der Waals surface area contributed by atoms with Crippen molar-refractivity contribution >= 4 is 0 Å². The molecule has 78 valence electrons. The van der Waals surface area contributed by atoms with E-state index in [1.807, 2.05) is 37.3 Å². The van der Waals surface area contributed by atoms with Crippen LogP contribution in [-0.4, -0.2) is 24.2 Å². The van der Waals surface area contributed by atoms with Crippen molar-refractivity contribution in [1.82, 2.24) is 5.32 Å². The number of rotatable bonds is 5. The fraction of sp³-hybridized carbons (Fsp3) is 0.455. The number of benzene rings is 1. The summed E-state index contributed by atoms with van der Waals surface area (Å²) in [7, 11) is 0. The van der Waals surface area contributed by atoms with Crippen molar-refractivity contribution in [1.29, 1.82) is 0 Å². The average Bonchev–Trinajstić information content (AvgIpc) is 2.26. The fourth-order valence-corrected chi connectivity index (χ4v) is 1.19. The Hall–Kier alpha value is -0.900. The zero-order chi connectivity index (χ0) is 10.4. The van der Waals surface area contributed by atoms with E-state index in [0.717, 1.165) is 5.56 Å². The number of nitrogens with one attached hydrogen (secondary N) is 1. The lowest BCUT2D eigenvalue weighted by atomic mass is 10.1. The van der Waals surface area contributed by atoms with Gasteiger partial charge in [-0.25, -0.2) is 0 Å². The van der Waals surface area contributed by atoms with Crippen LogP contribution in [0, 0.1) is 0 Å². The van der Waals surface area contributed by atoms with Gasteiger partial charge in [0, 0.05) is 19.1 Å². The van der Waals surface area contributed by atoms with Crippen molar-refractivity contribution in [3.63, 3.8) is 0 Å². The van der Waals surface area contributed by atoms with Gasteiger partial charge in [-0.2, -0.15) is 0 Å². The Morgan fingerprint density at radius 2 is 2.00 bits per heavy atom. The maximum Gasteiger partial charge on any atom is 0.0914 e. The van der Waals surface area contributed by atoms with Crippen LogP contribution in [0.15, 0.2) is 30.3 Å². The van der Waals surface area contributed by atoms with Gasteiger partial charge in [-0.3, -0.25) is 0 Å². The van der Waals surface area contributed by atoms with Crippen molar-refractivity contribution in [2.24, 2.45) is 5.73 Å². The van der Waals surface area contributed by atoms with E-state index < -0.39 is 6.10 Å². The van der Waals surface area contributed by atoms with Crippen molar-refractivity contribution in [3.05, 3.63) is 35.9 Å². The van der Waals surface area contributed by atoms with Crippen LogP contribution < -0.4 is 11.1 Å². The van der Waals surface area contributed by atoms with Crippen molar-refractivity contribution in [2.75, 3.05) is 13.1 Å². The summed E-state index contributed by atoms with van der Waals surface area (Å²) in [4.78, 5) is 0. The summed E-state index contributed by atoms with van der Waals surface area (Å²) in [6.07, 6.45) is -0.454. The molecule has 1 rings (SSSR count). The molecule has 0 spiro atoms. The van der Waals surface area contributed by atoms with Gasteiger partial charge in [0.25, 0.3) is 0 Å². The van der Waals surface area contributed by atoms with Gasteiger partial charge in [0.05, 0.1) is 6.10 Å². The fourth-order valence-electron chi connectivity index (χ4n) is 1.19. The molecule has 14 heavy (non-hydrogen) atoms. The lowest BCUT2D eigenvalue weighted by molar-refractivity contribution is 0.171. The highest BCUT2D eigenvalue weighted by Gasteiger charge is 2.07. The van der Waals surface area contributed by atoms with Crippen LogP contribution in [-0.2, 0) is 0 Å². The molecule has 4 N–H and O–H groups in total. The molecule has 0 bridgehead atoms. The first kappa shape index (κ1) is 11.2. The van der Waals surface area contributed by atoms with E-state index in [4.69, 9.17) is 5.73 Å². The quantitative estimate of drug-likeness (QED) is 0.645. The van der Waals surface area contributed by atoms with Gasteiger partial charge in [-0.1, -0.05) is 30.3 Å². The molecule has 0 saturated heterocycles. The largest absolute Gasteiger partial charge is 0.387 e. The summed E-state index contributed by atoms with van der Waals surface area (Å²) >= 11 is 0. The van der Waals surface area contributed by atoms with Crippen LogP contribution in [0.3, 0.4) is 0 Å². The Labute approximate surface area is 84.9 Å². The summed E-state index contributed by atoms with van der Waals surface area (Å²) in [6, 6.07) is 9.86. The first-order valence-electron chi connectivity index (χ1n) is 4.90. The standard InChI is InChI=1S/C11H18N2O/c1-9(7-12)13-8-11(14)10-5-3-2-4-6-10/h2-6,9,11,13-14H,7-8,12H2,1H3/t9-,11+/m1/s1. The van der Waals surface area contributed by atoms with Gasteiger partial charge >= 0.3 is 0 Å². The smallest absolute Gasteiger partial charge is 0.0914 e. The molecule has 1 aromatic rings. The second kappa shape index (κ2) is 5.75. The summed E-state index contributed by atoms with van der Waals surface area (Å²) in [5, 5.41) is 12.9. The minimum atomic E-state index is -0.454. The molecule has 0 aliphatic heterocycles. The summed E-state index contributed by atoms with van der Waals surface area (Å²) < 4.78 is 0. The molecule has 3 nitrogen and oxygen atoms in total. The van der Waals surface area contributed by atoms with Crippen LogP contribution in [0.2, 0.25) is 0 Å². The molecule has 1 aromatic carbocycles. The van der Waals surface area contributed by atoms with Crippen LogP contribution in [0.5, 0.6) is 0 Å². The Balaban J connectivity index is 2.39. The molecular weight excluding hydrogens is 176 g/mol. The monoisotopic (exact) mass is 194 g/mol. The Bertz CT molecular complexity index is 251. The summed E-state index contributed by atoms with van der Waals surface area (Å²) in [5.41, 5.74) is 6.39. The highest BCUT2D eigenvalue weighted by molar-refractivity contribution is 5.17. The third-order valence-corrected chi connectivity index (χ3v) is 2.20. The van der Waals surface area contributed by atoms with Gasteiger partial charge in [0.15, 0.2) is 0 Å². The van der Waals surface area contributed by atoms with Crippen molar-refractivity contribution < 1.29 is 5.11 Å². The minimum absolute atomic E-state index is 0.244. The molecule has 0 aromatic heterocycles. The Morgan fingerprint density at radius 1 is 1.36 bits per heavy atom. The Morgan fingerprint density at radius 3 is 2.57 bits per heavy atom. The van der Waals surface area contributed by atoms with Gasteiger partial charge in [0.1, 0.15) is 0 Å². The maximum atomic E-state index is 9.76. The highest BCUT2D eigenvalue weighted by atomic mass is 16.3. The zero-order valence-electron chi connectivity index (χ0n) is 8.48. The molecule has 0 saturated carbocycles. The normalized spacial score (nSPS) is 15.1. The molecule has 0 radical (unpaired) electrons. The molecule has 2 atom stereocenters. The third kappa shape index (κ3) is 3.46. The van der Waals surface area contributed by atoms with Gasteiger partial charge in [-0.15, -0.1) is 0 Å². The van der Waals surface area contributed by atoms with Gasteiger partial charge < -0.3 is 16.2 Å². The van der Waals surface area contributed by atoms with E-state index in [1.54, 1.807) is 0 Å². The lowest BCUT2D eigenvalue weighted by Crippen LogP contribution is -2.35. The SMILES string of the molecule is C[C@H](CN)NC[C@H](O)c1ccccc1. The van der Waals surface area contributed by atoms with E-state index in [2.05, 4.69) is 5.32 Å². The molecule has 0 unspecified atom stereocenters. The Kier molecular flexibility index (Phi) is 4.59. The van der Waals surface area contributed by atoms with Crippen LogP contribution in [0.4, 0.5) is 0 Å². The van der Waals surface area contributed by atoms with Crippen LogP contribution in [0.25, 0.3) is 0 Å². The number of hydrogen-bond donors (Lipinski definition) is 3. The van der Waals surface area contributed by atoms with Crippen LogP contribution in [0.1, 0.15) is 18.6 Å². The highest BCUT2D eigenvalue weighted by Crippen LogP contribution is 2.10. The predicted octanol–water partition coefficient (Wildman–Crippen LogP) is 0.657. The van der Waals surface area contributed by atoms with E-state index >= 15 is 0 Å². The first-order valence-corrected chi connectivity index (χ1v) is 4.90. The van der Waals surface area contributed by atoms with Crippen molar-refractivity contribution in [2.45, 2.75) is 19.1 Å². The summed E-state index contributed by atoms with van der Waals surface area (Å²) in [5.74, 6) is 0. The lowest BCUT2D eigenvalue weighted by Gasteiger charge is -2.15. The first-order chi connectivity index (χ1) is 6.74. The van der Waals surface area contributed by atoms with E-state index in [-0.39, 0.29) is 6.04 Å². The maximum absolute atomic E-state index is 9.76. The molecule has 0 amide bonds.